The van der Waals surface area contributed by atoms with Crippen LogP contribution in [0.1, 0.15) is 70.9 Å². The molecule has 0 aliphatic carbocycles. The van der Waals surface area contributed by atoms with Gasteiger partial charge in [0.05, 0.1) is 22.8 Å². The smallest absolute Gasteiger partial charge is 0.145 e. The van der Waals surface area contributed by atoms with Crippen LogP contribution in [0.4, 0.5) is 11.4 Å². The van der Waals surface area contributed by atoms with Gasteiger partial charge in [-0.05, 0) is 67.5 Å². The molecule has 0 unspecified atom stereocenters. The molecule has 3 heteroatoms. The molecule has 0 fully saturated rings. The third kappa shape index (κ3) is 5.15. The maximum atomic E-state index is 6.22. The molecule has 0 saturated carbocycles. The fraction of sp³-hybridized carbons (Fsp3) is 0.333. The van der Waals surface area contributed by atoms with E-state index < -0.39 is 0 Å². The van der Waals surface area contributed by atoms with Crippen LogP contribution < -0.4 is 0 Å². The van der Waals surface area contributed by atoms with E-state index in [1.165, 1.54) is 11.1 Å². The lowest BCUT2D eigenvalue weighted by molar-refractivity contribution is 0.343. The predicted molar refractivity (Wildman–Crippen MR) is 128 cm³/mol. The summed E-state index contributed by atoms with van der Waals surface area (Å²) in [4.78, 5) is 9.75. The van der Waals surface area contributed by atoms with Crippen LogP contribution in [-0.2, 0) is 4.74 Å². The molecular weight excluding hydrogens is 368 g/mol. The summed E-state index contributed by atoms with van der Waals surface area (Å²) in [7, 11) is 0. The van der Waals surface area contributed by atoms with Gasteiger partial charge in [0.1, 0.15) is 11.5 Å². The van der Waals surface area contributed by atoms with Crippen molar-refractivity contribution in [2.45, 2.75) is 59.8 Å². The van der Waals surface area contributed by atoms with Crippen molar-refractivity contribution in [2.24, 2.45) is 9.98 Å². The predicted octanol–water partition coefficient (Wildman–Crippen LogP) is 8.01. The molecule has 3 rings (SSSR count). The fourth-order valence-corrected chi connectivity index (χ4v) is 3.54. The van der Waals surface area contributed by atoms with Crippen LogP contribution in [0.25, 0.3) is 0 Å². The highest BCUT2D eigenvalue weighted by Gasteiger charge is 2.15. The summed E-state index contributed by atoms with van der Waals surface area (Å²) < 4.78 is 6.22. The third-order valence-electron chi connectivity index (χ3n) is 5.23. The summed E-state index contributed by atoms with van der Waals surface area (Å²) in [5, 5.41) is 0. The van der Waals surface area contributed by atoms with Gasteiger partial charge in [0.15, 0.2) is 0 Å². The van der Waals surface area contributed by atoms with E-state index in [1.54, 1.807) is 0 Å². The lowest BCUT2D eigenvalue weighted by Gasteiger charge is -2.18. The molecule has 0 radical (unpaired) electrons. The summed E-state index contributed by atoms with van der Waals surface area (Å²) in [6, 6.07) is 16.6. The Hall–Kier alpha value is -2.94. The Balaban J connectivity index is 1.82. The lowest BCUT2D eigenvalue weighted by Crippen LogP contribution is -2.11. The molecule has 3 nitrogen and oxygen atoms in total. The number of rotatable bonds is 6. The van der Waals surface area contributed by atoms with E-state index in [0.29, 0.717) is 11.8 Å². The Morgan fingerprint density at radius 2 is 1.10 bits per heavy atom. The second kappa shape index (κ2) is 9.71. The highest BCUT2D eigenvalue weighted by atomic mass is 16.5. The number of allylic oxidation sites excluding steroid dienone is 4. The van der Waals surface area contributed by atoms with Gasteiger partial charge < -0.3 is 4.74 Å². The average Bonchev–Trinajstić information content (AvgIpc) is 2.74. The maximum Gasteiger partial charge on any atom is 0.145 e. The van der Waals surface area contributed by atoms with Crippen LogP contribution in [0.3, 0.4) is 0 Å². The first-order chi connectivity index (χ1) is 14.4. The molecule has 156 valence electrons. The summed E-state index contributed by atoms with van der Waals surface area (Å²) >= 11 is 0. The van der Waals surface area contributed by atoms with E-state index in [-0.39, 0.29) is 0 Å². The third-order valence-corrected chi connectivity index (χ3v) is 5.23. The molecule has 1 aliphatic rings. The summed E-state index contributed by atoms with van der Waals surface area (Å²) in [6.45, 7) is 12.8. The van der Waals surface area contributed by atoms with Crippen LogP contribution in [0.15, 0.2) is 82.2 Å². The first-order valence-corrected chi connectivity index (χ1v) is 10.7. The van der Waals surface area contributed by atoms with Gasteiger partial charge in [-0.1, -0.05) is 64.1 Å². The second-order valence-electron chi connectivity index (χ2n) is 8.30. The molecule has 0 saturated heterocycles. The van der Waals surface area contributed by atoms with Gasteiger partial charge in [-0.25, -0.2) is 9.98 Å². The molecule has 0 aromatic heterocycles. The minimum absolute atomic E-state index is 0.421. The van der Waals surface area contributed by atoms with E-state index in [0.717, 1.165) is 40.7 Å². The number of aliphatic imine (C=N–C) groups is 2. The number of benzene rings is 2. The number of nitrogens with zero attached hydrogens (tertiary/aromatic N) is 2. The van der Waals surface area contributed by atoms with Crippen LogP contribution >= 0.6 is 0 Å². The number of ether oxygens (including phenoxy) is 1. The normalized spacial score (nSPS) is 15.2. The summed E-state index contributed by atoms with van der Waals surface area (Å²) in [5.41, 5.74) is 6.25. The first-order valence-electron chi connectivity index (χ1n) is 10.7. The van der Waals surface area contributed by atoms with Crippen LogP contribution in [0.5, 0.6) is 0 Å². The van der Waals surface area contributed by atoms with Gasteiger partial charge in [0.25, 0.3) is 0 Å². The zero-order chi connectivity index (χ0) is 21.7. The number of hydrogen-bond donors (Lipinski definition) is 0. The van der Waals surface area contributed by atoms with E-state index in [2.05, 4.69) is 76.2 Å². The fourth-order valence-electron chi connectivity index (χ4n) is 3.54. The molecule has 0 amide bonds. The van der Waals surface area contributed by atoms with Gasteiger partial charge in [0.2, 0.25) is 0 Å². The van der Waals surface area contributed by atoms with Crippen molar-refractivity contribution in [3.8, 4) is 0 Å². The zero-order valence-corrected chi connectivity index (χ0v) is 18.9. The molecule has 1 aliphatic heterocycles. The van der Waals surface area contributed by atoms with Crippen molar-refractivity contribution in [1.82, 2.24) is 0 Å². The first kappa shape index (κ1) is 21.8. The molecule has 2 aromatic carbocycles. The zero-order valence-electron chi connectivity index (χ0n) is 18.9. The van der Waals surface area contributed by atoms with Crippen molar-refractivity contribution in [2.75, 3.05) is 0 Å². The van der Waals surface area contributed by atoms with Gasteiger partial charge in [-0.2, -0.15) is 0 Å². The van der Waals surface area contributed by atoms with Gasteiger partial charge in [0, 0.05) is 0 Å². The van der Waals surface area contributed by atoms with Gasteiger partial charge in [-0.3, -0.25) is 0 Å². The molecule has 2 aromatic rings. The van der Waals surface area contributed by atoms with Crippen LogP contribution in [0.2, 0.25) is 0 Å². The Kier molecular flexibility index (Phi) is 7.04. The van der Waals surface area contributed by atoms with Gasteiger partial charge in [-0.15, -0.1) is 0 Å². The Bertz CT molecular complexity index is 941. The highest BCUT2D eigenvalue weighted by molar-refractivity contribution is 6.02. The average molecular weight is 401 g/mol. The summed E-state index contributed by atoms with van der Waals surface area (Å²) in [6.07, 6.45) is 4.97. The topological polar surface area (TPSA) is 34.0 Å². The molecule has 0 spiro atoms. The monoisotopic (exact) mass is 400 g/mol. The summed E-state index contributed by atoms with van der Waals surface area (Å²) in [5.74, 6) is 2.45. The Morgan fingerprint density at radius 3 is 1.50 bits per heavy atom. The van der Waals surface area contributed by atoms with E-state index >= 15 is 0 Å². The molecule has 1 heterocycles. The van der Waals surface area contributed by atoms with E-state index in [4.69, 9.17) is 14.7 Å². The molecule has 0 N–H and O–H groups in total. The van der Waals surface area contributed by atoms with Crippen molar-refractivity contribution in [3.63, 3.8) is 0 Å². The Labute approximate surface area is 180 Å². The highest BCUT2D eigenvalue weighted by Crippen LogP contribution is 2.30. The number of para-hydroxylation sites is 2. The quantitative estimate of drug-likeness (QED) is 0.452. The van der Waals surface area contributed by atoms with E-state index in [9.17, 15) is 0 Å². The van der Waals surface area contributed by atoms with Crippen molar-refractivity contribution >= 4 is 22.8 Å². The second-order valence-corrected chi connectivity index (χ2v) is 8.30. The lowest BCUT2D eigenvalue weighted by atomic mass is 10.0. The number of hydrogen-bond acceptors (Lipinski definition) is 3. The largest absolute Gasteiger partial charge is 0.454 e. The Morgan fingerprint density at radius 1 is 0.700 bits per heavy atom. The molecule has 0 bridgehead atoms. The van der Waals surface area contributed by atoms with Gasteiger partial charge >= 0.3 is 0 Å². The van der Waals surface area contributed by atoms with Crippen molar-refractivity contribution < 1.29 is 4.74 Å². The minimum atomic E-state index is 0.421. The maximum absolute atomic E-state index is 6.22. The van der Waals surface area contributed by atoms with Crippen LogP contribution in [0, 0.1) is 0 Å². The molecular formula is C27H32N2O. The molecule has 30 heavy (non-hydrogen) atoms. The minimum Gasteiger partial charge on any atom is -0.454 e. The standard InChI is InChI=1S/C27H32N2O/c1-18(2)22-12-7-9-14-24(22)28-20(5)26-16-11-17-27(30-26)21(6)29-25-15-10-8-13-23(25)19(3)4/h7-10,12-19H,11H2,1-6H3. The molecule has 0 atom stereocenters. The van der Waals surface area contributed by atoms with E-state index in [1.807, 2.05) is 26.0 Å². The SMILES string of the molecule is CC(=Nc1ccccc1C(C)C)C1=CCC=C(C(C)=Nc2ccccc2C(C)C)O1. The van der Waals surface area contributed by atoms with Crippen molar-refractivity contribution in [1.29, 1.82) is 0 Å². The van der Waals surface area contributed by atoms with Crippen LogP contribution in [-0.4, -0.2) is 11.4 Å². The van der Waals surface area contributed by atoms with Crippen molar-refractivity contribution in [3.05, 3.63) is 83.3 Å².